The van der Waals surface area contributed by atoms with Crippen LogP contribution in [0.4, 0.5) is 10.6 Å². The van der Waals surface area contributed by atoms with Gasteiger partial charge in [-0.15, -0.1) is 0 Å². The van der Waals surface area contributed by atoms with E-state index < -0.39 is 0 Å². The van der Waals surface area contributed by atoms with Crippen LogP contribution in [0.25, 0.3) is 11.0 Å². The van der Waals surface area contributed by atoms with Crippen LogP contribution in [0.15, 0.2) is 48.9 Å². The van der Waals surface area contributed by atoms with Gasteiger partial charge in [0.15, 0.2) is 0 Å². The molecule has 1 amide bonds. The Balaban J connectivity index is 1.23. The van der Waals surface area contributed by atoms with Crippen LogP contribution < -0.4 is 4.90 Å². The molecule has 4 atom stereocenters. The van der Waals surface area contributed by atoms with Crippen molar-refractivity contribution in [3.63, 3.8) is 0 Å². The number of hydrogen-bond acceptors (Lipinski definition) is 5. The summed E-state index contributed by atoms with van der Waals surface area (Å²) in [6.07, 6.45) is 4.38. The molecule has 3 heterocycles. The molecule has 1 N–H and O–H groups in total. The summed E-state index contributed by atoms with van der Waals surface area (Å²) in [6, 6.07) is 12.3. The third-order valence-electron chi connectivity index (χ3n) is 6.95. The molecule has 1 aliphatic heterocycles. The van der Waals surface area contributed by atoms with Crippen LogP contribution in [-0.2, 0) is 11.3 Å². The predicted molar refractivity (Wildman–Crippen MR) is 115 cm³/mol. The van der Waals surface area contributed by atoms with Gasteiger partial charge in [-0.25, -0.2) is 14.8 Å². The van der Waals surface area contributed by atoms with E-state index in [4.69, 9.17) is 4.74 Å². The van der Waals surface area contributed by atoms with Crippen LogP contribution in [0.1, 0.15) is 18.9 Å². The number of anilines is 1. The van der Waals surface area contributed by atoms with Crippen LogP contribution in [0, 0.1) is 17.8 Å². The summed E-state index contributed by atoms with van der Waals surface area (Å²) >= 11 is 0. The summed E-state index contributed by atoms with van der Waals surface area (Å²) in [5, 5.41) is 1.05. The number of aromatic nitrogens is 3. The molecule has 7 nitrogen and oxygen atoms in total. The lowest BCUT2D eigenvalue weighted by Gasteiger charge is -2.31. The molecule has 0 radical (unpaired) electrons. The van der Waals surface area contributed by atoms with Crippen molar-refractivity contribution in [1.29, 1.82) is 0 Å². The predicted octanol–water partition coefficient (Wildman–Crippen LogP) is 3.69. The highest BCUT2D eigenvalue weighted by molar-refractivity contribution is 5.87. The van der Waals surface area contributed by atoms with E-state index in [-0.39, 0.29) is 6.09 Å². The SMILES string of the molecule is CC1C2CN(C(=O)OCc3ccccc3)CC2CC1N(C)c1ncnc2[nH]ccc12. The van der Waals surface area contributed by atoms with Gasteiger partial charge < -0.3 is 19.5 Å². The number of fused-ring (bicyclic) bond motifs is 2. The zero-order chi connectivity index (χ0) is 20.7. The van der Waals surface area contributed by atoms with Crippen LogP contribution >= 0.6 is 0 Å². The number of nitrogens with zero attached hydrogens (tertiary/aromatic N) is 4. The number of amides is 1. The lowest BCUT2D eigenvalue weighted by atomic mass is 9.93. The summed E-state index contributed by atoms with van der Waals surface area (Å²) in [4.78, 5) is 28.8. The van der Waals surface area contributed by atoms with E-state index in [1.54, 1.807) is 6.33 Å². The molecule has 0 spiro atoms. The molecule has 1 saturated heterocycles. The highest BCUT2D eigenvalue weighted by Crippen LogP contribution is 2.45. The number of rotatable bonds is 4. The summed E-state index contributed by atoms with van der Waals surface area (Å²) in [5.41, 5.74) is 1.88. The van der Waals surface area contributed by atoms with E-state index in [9.17, 15) is 4.79 Å². The normalized spacial score (nSPS) is 25.5. The zero-order valence-corrected chi connectivity index (χ0v) is 17.4. The Labute approximate surface area is 176 Å². The standard InChI is InChI=1S/C23H27N5O2/c1-15-19-12-28(23(29)30-13-16-6-4-3-5-7-16)11-17(19)10-20(15)27(2)22-18-8-9-24-21(18)25-14-26-22/h3-9,14-15,17,19-20H,10-13H2,1-2H3,(H,24,25,26). The van der Waals surface area contributed by atoms with Gasteiger partial charge in [-0.1, -0.05) is 37.3 Å². The number of hydrogen-bond donors (Lipinski definition) is 1. The quantitative estimate of drug-likeness (QED) is 0.717. The smallest absolute Gasteiger partial charge is 0.410 e. The monoisotopic (exact) mass is 405 g/mol. The molecule has 156 valence electrons. The van der Waals surface area contributed by atoms with E-state index in [1.165, 1.54) is 0 Å². The average Bonchev–Trinajstić information content (AvgIpc) is 3.48. The first kappa shape index (κ1) is 18.9. The maximum absolute atomic E-state index is 12.6. The molecule has 1 aliphatic carbocycles. The summed E-state index contributed by atoms with van der Waals surface area (Å²) < 4.78 is 5.55. The van der Waals surface area contributed by atoms with Crippen molar-refractivity contribution < 1.29 is 9.53 Å². The first-order valence-electron chi connectivity index (χ1n) is 10.6. The van der Waals surface area contributed by atoms with E-state index >= 15 is 0 Å². The van der Waals surface area contributed by atoms with Crippen molar-refractivity contribution >= 4 is 22.9 Å². The van der Waals surface area contributed by atoms with Gasteiger partial charge in [0.2, 0.25) is 0 Å². The molecule has 1 aromatic carbocycles. The molecule has 2 aliphatic rings. The zero-order valence-electron chi connectivity index (χ0n) is 17.4. The molecule has 0 bridgehead atoms. The second kappa shape index (κ2) is 7.63. The molecular formula is C23H27N5O2. The van der Waals surface area contributed by atoms with Crippen LogP contribution in [0.2, 0.25) is 0 Å². The summed E-state index contributed by atoms with van der Waals surface area (Å²) in [5.74, 6) is 2.43. The van der Waals surface area contributed by atoms with Crippen LogP contribution in [-0.4, -0.2) is 52.1 Å². The Bertz CT molecular complexity index is 1040. The number of nitrogens with one attached hydrogen (secondary N) is 1. The van der Waals surface area contributed by atoms with Gasteiger partial charge in [-0.05, 0) is 35.8 Å². The largest absolute Gasteiger partial charge is 0.445 e. The van der Waals surface area contributed by atoms with Gasteiger partial charge in [0.05, 0.1) is 5.39 Å². The van der Waals surface area contributed by atoms with Crippen LogP contribution in [0.5, 0.6) is 0 Å². The van der Waals surface area contributed by atoms with E-state index in [2.05, 4.69) is 33.8 Å². The molecule has 7 heteroatoms. The lowest BCUT2D eigenvalue weighted by molar-refractivity contribution is 0.100. The molecule has 2 fully saturated rings. The van der Waals surface area contributed by atoms with Gasteiger partial charge >= 0.3 is 6.09 Å². The van der Waals surface area contributed by atoms with Gasteiger partial charge in [-0.2, -0.15) is 0 Å². The molecule has 1 saturated carbocycles. The first-order valence-corrected chi connectivity index (χ1v) is 10.6. The highest BCUT2D eigenvalue weighted by Gasteiger charge is 2.48. The highest BCUT2D eigenvalue weighted by atomic mass is 16.6. The average molecular weight is 406 g/mol. The van der Waals surface area contributed by atoms with Crippen molar-refractivity contribution in [1.82, 2.24) is 19.9 Å². The van der Waals surface area contributed by atoms with Crippen LogP contribution in [0.3, 0.4) is 0 Å². The molecule has 3 aromatic rings. The summed E-state index contributed by atoms with van der Waals surface area (Å²) in [6.45, 7) is 4.18. The minimum Gasteiger partial charge on any atom is -0.445 e. The third-order valence-corrected chi connectivity index (χ3v) is 6.95. The minimum atomic E-state index is -0.199. The first-order chi connectivity index (χ1) is 14.6. The van der Waals surface area contributed by atoms with Crippen molar-refractivity contribution in [2.24, 2.45) is 17.8 Å². The number of H-pyrrole nitrogens is 1. The molecule has 30 heavy (non-hydrogen) atoms. The fourth-order valence-corrected chi connectivity index (χ4v) is 5.32. The fraction of sp³-hybridized carbons (Fsp3) is 0.435. The lowest BCUT2D eigenvalue weighted by Crippen LogP contribution is -2.38. The Hall–Kier alpha value is -3.09. The third kappa shape index (κ3) is 3.28. The topological polar surface area (TPSA) is 74.3 Å². The summed E-state index contributed by atoms with van der Waals surface area (Å²) in [7, 11) is 2.13. The maximum atomic E-state index is 12.6. The van der Waals surface area contributed by atoms with Gasteiger partial charge in [0, 0.05) is 32.4 Å². The van der Waals surface area contributed by atoms with Gasteiger partial charge in [-0.3, -0.25) is 0 Å². The van der Waals surface area contributed by atoms with E-state index in [0.717, 1.165) is 41.9 Å². The second-order valence-electron chi connectivity index (χ2n) is 8.58. The van der Waals surface area contributed by atoms with E-state index in [0.29, 0.717) is 30.4 Å². The number of carbonyl (C=O) groups excluding carboxylic acids is 1. The number of likely N-dealkylation sites (tertiary alicyclic amines) is 1. The number of carbonyl (C=O) groups is 1. The number of aromatic amines is 1. The van der Waals surface area contributed by atoms with Crippen molar-refractivity contribution in [2.75, 3.05) is 25.0 Å². The van der Waals surface area contributed by atoms with Gasteiger partial charge in [0.25, 0.3) is 0 Å². The minimum absolute atomic E-state index is 0.199. The Morgan fingerprint density at radius 2 is 2.07 bits per heavy atom. The molecule has 4 unspecified atom stereocenters. The van der Waals surface area contributed by atoms with E-state index in [1.807, 2.05) is 47.5 Å². The Morgan fingerprint density at radius 1 is 1.23 bits per heavy atom. The number of ether oxygens (including phenoxy) is 1. The molecule has 5 rings (SSSR count). The number of benzene rings is 1. The van der Waals surface area contributed by atoms with Crippen molar-refractivity contribution in [2.45, 2.75) is 26.0 Å². The molecule has 2 aromatic heterocycles. The second-order valence-corrected chi connectivity index (χ2v) is 8.58. The van der Waals surface area contributed by atoms with Gasteiger partial charge in [0.1, 0.15) is 24.4 Å². The Kier molecular flexibility index (Phi) is 4.81. The van der Waals surface area contributed by atoms with Crippen molar-refractivity contribution in [3.05, 3.63) is 54.5 Å². The fourth-order valence-electron chi connectivity index (χ4n) is 5.32. The van der Waals surface area contributed by atoms with Crippen molar-refractivity contribution in [3.8, 4) is 0 Å². The maximum Gasteiger partial charge on any atom is 0.410 e. The Morgan fingerprint density at radius 3 is 2.87 bits per heavy atom. The molecular weight excluding hydrogens is 378 g/mol.